The predicted molar refractivity (Wildman–Crippen MR) is 156 cm³/mol. The zero-order chi connectivity index (χ0) is 27.8. The number of ether oxygens (including phenoxy) is 1. The van der Waals surface area contributed by atoms with E-state index in [2.05, 4.69) is 0 Å². The van der Waals surface area contributed by atoms with Gasteiger partial charge in [-0.2, -0.15) is 0 Å². The molecule has 0 unspecified atom stereocenters. The third kappa shape index (κ3) is 4.58. The molecule has 2 heterocycles. The van der Waals surface area contributed by atoms with E-state index in [0.29, 0.717) is 28.5 Å². The lowest BCUT2D eigenvalue weighted by Gasteiger charge is -2.12. The second-order valence-corrected chi connectivity index (χ2v) is 10.0. The molecule has 0 saturated carbocycles. The summed E-state index contributed by atoms with van der Waals surface area (Å²) in [4.78, 5) is 31.7. The summed E-state index contributed by atoms with van der Waals surface area (Å²) in [6.45, 7) is 3.51. The number of pyridine rings is 1. The molecule has 198 valence electrons. The molecule has 0 aliphatic heterocycles. The van der Waals surface area contributed by atoms with Gasteiger partial charge in [0.1, 0.15) is 5.75 Å². The van der Waals surface area contributed by atoms with Crippen molar-refractivity contribution in [3.8, 4) is 11.4 Å². The number of carbonyl (C=O) groups is 2. The normalized spacial score (nSPS) is 13.5. The van der Waals surface area contributed by atoms with Gasteiger partial charge in [-0.25, -0.2) is 9.78 Å². The summed E-state index contributed by atoms with van der Waals surface area (Å²) in [5, 5.41) is 10.3. The van der Waals surface area contributed by atoms with Crippen molar-refractivity contribution in [1.82, 2.24) is 9.55 Å². The molecule has 6 nitrogen and oxygen atoms in total. The predicted octanol–water partition coefficient (Wildman–Crippen LogP) is 6.87. The van der Waals surface area contributed by atoms with Gasteiger partial charge in [0.05, 0.1) is 16.8 Å². The van der Waals surface area contributed by atoms with Gasteiger partial charge in [-0.05, 0) is 85.9 Å². The Balaban J connectivity index is 1.30. The number of fused-ring (bicyclic) bond motifs is 2. The number of ketones is 1. The van der Waals surface area contributed by atoms with Crippen LogP contribution in [0.1, 0.15) is 55.3 Å². The van der Waals surface area contributed by atoms with Gasteiger partial charge in [0, 0.05) is 28.0 Å². The second kappa shape index (κ2) is 10.3. The minimum Gasteiger partial charge on any atom is -0.508 e. The molecule has 2 aromatic heterocycles. The molecule has 1 aliphatic carbocycles. The lowest BCUT2D eigenvalue weighted by molar-refractivity contribution is 0.0475. The van der Waals surface area contributed by atoms with Crippen LogP contribution >= 0.6 is 0 Å². The van der Waals surface area contributed by atoms with E-state index in [1.165, 1.54) is 0 Å². The zero-order valence-corrected chi connectivity index (χ0v) is 22.3. The summed E-state index contributed by atoms with van der Waals surface area (Å²) < 4.78 is 7.71. The zero-order valence-electron chi connectivity index (χ0n) is 22.3. The lowest BCUT2D eigenvalue weighted by atomic mass is 10.0. The van der Waals surface area contributed by atoms with Crippen LogP contribution in [0.15, 0.2) is 84.9 Å². The Morgan fingerprint density at radius 1 is 0.950 bits per heavy atom. The van der Waals surface area contributed by atoms with Crippen LogP contribution in [0.2, 0.25) is 0 Å². The largest absolute Gasteiger partial charge is 0.508 e. The smallest absolute Gasteiger partial charge is 0.339 e. The Labute approximate surface area is 232 Å². The van der Waals surface area contributed by atoms with Gasteiger partial charge >= 0.3 is 5.97 Å². The van der Waals surface area contributed by atoms with Crippen molar-refractivity contribution >= 4 is 34.3 Å². The van der Waals surface area contributed by atoms with E-state index in [4.69, 9.17) is 9.72 Å². The third-order valence-corrected chi connectivity index (χ3v) is 7.46. The van der Waals surface area contributed by atoms with Gasteiger partial charge in [0.15, 0.2) is 6.61 Å². The van der Waals surface area contributed by atoms with E-state index in [9.17, 15) is 14.7 Å². The maximum absolute atomic E-state index is 13.6. The molecule has 3 aromatic carbocycles. The number of carbonyl (C=O) groups excluding carboxylic acids is 2. The van der Waals surface area contributed by atoms with Crippen LogP contribution < -0.4 is 0 Å². The number of esters is 1. The third-order valence-electron chi connectivity index (χ3n) is 7.46. The first-order chi connectivity index (χ1) is 19.4. The fourth-order valence-electron chi connectivity index (χ4n) is 5.58. The van der Waals surface area contributed by atoms with Gasteiger partial charge in [0.2, 0.25) is 5.78 Å². The number of allylic oxidation sites excluding steroid dienone is 1. The number of aryl methyl sites for hydroxylation is 1. The van der Waals surface area contributed by atoms with E-state index < -0.39 is 5.97 Å². The van der Waals surface area contributed by atoms with Gasteiger partial charge in [-0.3, -0.25) is 4.79 Å². The van der Waals surface area contributed by atoms with Crippen molar-refractivity contribution in [3.05, 3.63) is 124 Å². The van der Waals surface area contributed by atoms with Crippen molar-refractivity contribution in [2.75, 3.05) is 6.61 Å². The Kier molecular flexibility index (Phi) is 6.52. The van der Waals surface area contributed by atoms with Crippen molar-refractivity contribution in [3.63, 3.8) is 0 Å². The minimum absolute atomic E-state index is 0.208. The average Bonchev–Trinajstić information content (AvgIpc) is 3.50. The highest BCUT2D eigenvalue weighted by molar-refractivity contribution is 6.08. The number of Topliss-reactive ketones (excluding diaryl/α,β-unsaturated/α-hetero) is 1. The Bertz CT molecular complexity index is 1800. The van der Waals surface area contributed by atoms with Crippen LogP contribution in [-0.2, 0) is 11.2 Å². The van der Waals surface area contributed by atoms with Gasteiger partial charge < -0.3 is 14.4 Å². The molecule has 0 fully saturated rings. The van der Waals surface area contributed by atoms with Crippen molar-refractivity contribution in [2.24, 2.45) is 0 Å². The fraction of sp³-hybridized carbons (Fsp3) is 0.147. The van der Waals surface area contributed by atoms with Crippen LogP contribution in [0.25, 0.3) is 28.2 Å². The lowest BCUT2D eigenvalue weighted by Crippen LogP contribution is -2.17. The summed E-state index contributed by atoms with van der Waals surface area (Å²) >= 11 is 0. The fourth-order valence-corrected chi connectivity index (χ4v) is 5.58. The molecule has 0 saturated heterocycles. The molecule has 0 bridgehead atoms. The van der Waals surface area contributed by atoms with E-state index in [1.807, 2.05) is 97.3 Å². The summed E-state index contributed by atoms with van der Waals surface area (Å²) in [6, 6.07) is 26.2. The molecular weight excluding hydrogens is 500 g/mol. The van der Waals surface area contributed by atoms with E-state index >= 15 is 0 Å². The van der Waals surface area contributed by atoms with Crippen molar-refractivity contribution < 1.29 is 19.4 Å². The van der Waals surface area contributed by atoms with Crippen LogP contribution in [-0.4, -0.2) is 33.0 Å². The number of rotatable bonds is 6. The highest BCUT2D eigenvalue weighted by Gasteiger charge is 2.28. The van der Waals surface area contributed by atoms with Gasteiger partial charge in [-0.1, -0.05) is 48.5 Å². The molecule has 5 aromatic rings. The standard InChI is InChI=1S/C34H28N2O4/c1-21-18-29(22(2)36(21)25-8-4-3-5-9-25)31(38)20-40-34(39)32-27-10-6-7-11-30(27)35-33-24(14-17-28(32)33)19-23-12-15-26(37)16-13-23/h3-13,15-16,18-19,37H,14,17,20H2,1-2H3. The summed E-state index contributed by atoms with van der Waals surface area (Å²) in [7, 11) is 0. The highest BCUT2D eigenvalue weighted by atomic mass is 16.5. The first-order valence-corrected chi connectivity index (χ1v) is 13.3. The number of hydrogen-bond donors (Lipinski definition) is 1. The van der Waals surface area contributed by atoms with Gasteiger partial charge in [-0.15, -0.1) is 0 Å². The Morgan fingerprint density at radius 3 is 2.45 bits per heavy atom. The van der Waals surface area contributed by atoms with Crippen LogP contribution in [0, 0.1) is 13.8 Å². The number of phenols is 1. The molecular formula is C34H28N2O4. The number of hydrogen-bond acceptors (Lipinski definition) is 5. The maximum Gasteiger partial charge on any atom is 0.339 e. The molecule has 6 heteroatoms. The molecule has 0 amide bonds. The number of aromatic nitrogens is 2. The highest BCUT2D eigenvalue weighted by Crippen LogP contribution is 2.38. The summed E-state index contributed by atoms with van der Waals surface area (Å²) in [5.41, 5.74) is 8.00. The topological polar surface area (TPSA) is 81.4 Å². The number of nitrogens with zero attached hydrogens (tertiary/aromatic N) is 2. The number of phenolic OH excluding ortho intramolecular Hbond substituents is 1. The van der Waals surface area contributed by atoms with Gasteiger partial charge in [0.25, 0.3) is 0 Å². The van der Waals surface area contributed by atoms with Crippen molar-refractivity contribution in [2.45, 2.75) is 26.7 Å². The van der Waals surface area contributed by atoms with E-state index in [1.54, 1.807) is 12.1 Å². The van der Waals surface area contributed by atoms with E-state index in [-0.39, 0.29) is 18.1 Å². The molecule has 0 spiro atoms. The molecule has 1 aliphatic rings. The second-order valence-electron chi connectivity index (χ2n) is 10.0. The minimum atomic E-state index is -0.522. The molecule has 6 rings (SSSR count). The molecule has 0 atom stereocenters. The number of benzene rings is 3. The average molecular weight is 529 g/mol. The van der Waals surface area contributed by atoms with Crippen LogP contribution in [0.4, 0.5) is 0 Å². The SMILES string of the molecule is Cc1cc(C(=O)COC(=O)c2c3c(nc4ccccc24)C(=Cc2ccc(O)cc2)CC3)c(C)n1-c1ccccc1. The quantitative estimate of drug-likeness (QED) is 0.192. The first kappa shape index (κ1) is 25.3. The van der Waals surface area contributed by atoms with E-state index in [0.717, 1.165) is 45.9 Å². The van der Waals surface area contributed by atoms with Crippen LogP contribution in [0.5, 0.6) is 5.75 Å². The van der Waals surface area contributed by atoms with Crippen molar-refractivity contribution in [1.29, 1.82) is 0 Å². The Morgan fingerprint density at radius 2 is 1.68 bits per heavy atom. The monoisotopic (exact) mass is 528 g/mol. The molecule has 40 heavy (non-hydrogen) atoms. The Hall–Kier alpha value is -4.97. The summed E-state index contributed by atoms with van der Waals surface area (Å²) in [6.07, 6.45) is 3.41. The number of para-hydroxylation sites is 2. The molecule has 0 radical (unpaired) electrons. The summed E-state index contributed by atoms with van der Waals surface area (Å²) in [5.74, 6) is -0.558. The maximum atomic E-state index is 13.6. The first-order valence-electron chi connectivity index (χ1n) is 13.3. The molecule has 1 N–H and O–H groups in total. The van der Waals surface area contributed by atoms with Crippen LogP contribution in [0.3, 0.4) is 0 Å². The number of aromatic hydroxyl groups is 1.